The molecule has 0 atom stereocenters. The SMILES string of the molecule is O=C(NC1CCC1)c1ccc2nc(-c3ccccc3C(=O)O)cn2c1. The third-order valence-electron chi connectivity index (χ3n) is 4.59. The Morgan fingerprint density at radius 3 is 2.64 bits per heavy atom. The molecular weight excluding hydrogens is 318 g/mol. The highest BCUT2D eigenvalue weighted by molar-refractivity contribution is 5.96. The summed E-state index contributed by atoms with van der Waals surface area (Å²) in [7, 11) is 0. The van der Waals surface area contributed by atoms with Gasteiger partial charge in [-0.1, -0.05) is 18.2 Å². The number of hydrogen-bond donors (Lipinski definition) is 2. The number of pyridine rings is 1. The molecular formula is C19H17N3O3. The number of rotatable bonds is 4. The van der Waals surface area contributed by atoms with Gasteiger partial charge in [-0.2, -0.15) is 0 Å². The summed E-state index contributed by atoms with van der Waals surface area (Å²) in [5, 5.41) is 12.4. The molecule has 6 heteroatoms. The van der Waals surface area contributed by atoms with Gasteiger partial charge in [-0.25, -0.2) is 9.78 Å². The molecule has 1 saturated carbocycles. The molecule has 1 aromatic carbocycles. The first-order chi connectivity index (χ1) is 12.1. The van der Waals surface area contributed by atoms with Crippen molar-refractivity contribution in [2.45, 2.75) is 25.3 Å². The van der Waals surface area contributed by atoms with Crippen LogP contribution in [-0.4, -0.2) is 32.4 Å². The van der Waals surface area contributed by atoms with Crippen molar-refractivity contribution in [1.29, 1.82) is 0 Å². The normalized spacial score (nSPS) is 14.2. The Bertz CT molecular complexity index is 973. The van der Waals surface area contributed by atoms with E-state index in [0.717, 1.165) is 19.3 Å². The standard InChI is InChI=1S/C19H17N3O3/c23-18(20-13-4-3-5-13)12-8-9-17-21-16(11-22(17)10-12)14-6-1-2-7-15(14)19(24)25/h1-2,6-11,13H,3-5H2,(H,20,23)(H,24,25). The van der Waals surface area contributed by atoms with Crippen LogP contribution in [0.2, 0.25) is 0 Å². The number of carboxylic acid groups (broad SMARTS) is 1. The van der Waals surface area contributed by atoms with Crippen molar-refractivity contribution < 1.29 is 14.7 Å². The highest BCUT2D eigenvalue weighted by atomic mass is 16.4. The molecule has 0 spiro atoms. The second-order valence-electron chi connectivity index (χ2n) is 6.26. The molecule has 1 fully saturated rings. The van der Waals surface area contributed by atoms with E-state index in [1.165, 1.54) is 0 Å². The third-order valence-corrected chi connectivity index (χ3v) is 4.59. The van der Waals surface area contributed by atoms with Crippen LogP contribution in [0.5, 0.6) is 0 Å². The molecule has 0 unspecified atom stereocenters. The number of benzene rings is 1. The molecule has 0 radical (unpaired) electrons. The Hall–Kier alpha value is -3.15. The summed E-state index contributed by atoms with van der Waals surface area (Å²) in [5.41, 5.74) is 2.55. The molecule has 2 aromatic heterocycles. The van der Waals surface area contributed by atoms with Gasteiger partial charge in [-0.05, 0) is 37.5 Å². The molecule has 2 heterocycles. The van der Waals surface area contributed by atoms with Gasteiger partial charge in [-0.15, -0.1) is 0 Å². The Balaban J connectivity index is 1.69. The van der Waals surface area contributed by atoms with E-state index in [2.05, 4.69) is 10.3 Å². The number of nitrogens with zero attached hydrogens (tertiary/aromatic N) is 2. The number of hydrogen-bond acceptors (Lipinski definition) is 3. The molecule has 1 aliphatic rings. The number of fused-ring (bicyclic) bond motifs is 1. The van der Waals surface area contributed by atoms with Crippen LogP contribution in [0, 0.1) is 0 Å². The first kappa shape index (κ1) is 15.4. The van der Waals surface area contributed by atoms with Crippen molar-refractivity contribution in [2.75, 3.05) is 0 Å². The summed E-state index contributed by atoms with van der Waals surface area (Å²) in [6.07, 6.45) is 6.71. The second kappa shape index (κ2) is 6.05. The number of amides is 1. The summed E-state index contributed by atoms with van der Waals surface area (Å²) in [5.74, 6) is -1.08. The quantitative estimate of drug-likeness (QED) is 0.768. The molecule has 4 rings (SSSR count). The first-order valence-corrected chi connectivity index (χ1v) is 8.24. The number of nitrogens with one attached hydrogen (secondary N) is 1. The smallest absolute Gasteiger partial charge is 0.336 e. The van der Waals surface area contributed by atoms with Gasteiger partial charge >= 0.3 is 5.97 Å². The first-order valence-electron chi connectivity index (χ1n) is 8.24. The van der Waals surface area contributed by atoms with Gasteiger partial charge in [-0.3, -0.25) is 4.79 Å². The van der Waals surface area contributed by atoms with Gasteiger partial charge in [0, 0.05) is 24.0 Å². The molecule has 1 amide bonds. The van der Waals surface area contributed by atoms with E-state index in [9.17, 15) is 14.7 Å². The van der Waals surface area contributed by atoms with Gasteiger partial charge < -0.3 is 14.8 Å². The number of carbonyl (C=O) groups is 2. The van der Waals surface area contributed by atoms with E-state index in [1.807, 2.05) is 0 Å². The molecule has 0 bridgehead atoms. The summed E-state index contributed by atoms with van der Waals surface area (Å²) >= 11 is 0. The fraction of sp³-hybridized carbons (Fsp3) is 0.211. The van der Waals surface area contributed by atoms with E-state index < -0.39 is 5.97 Å². The van der Waals surface area contributed by atoms with Gasteiger partial charge in [0.25, 0.3) is 5.91 Å². The molecule has 2 N–H and O–H groups in total. The van der Waals surface area contributed by atoms with Crippen molar-refractivity contribution >= 4 is 17.5 Å². The van der Waals surface area contributed by atoms with E-state index in [0.29, 0.717) is 22.5 Å². The Kier molecular flexibility index (Phi) is 3.72. The second-order valence-corrected chi connectivity index (χ2v) is 6.26. The lowest BCUT2D eigenvalue weighted by Gasteiger charge is -2.26. The maximum absolute atomic E-state index is 12.3. The van der Waals surface area contributed by atoms with Crippen LogP contribution >= 0.6 is 0 Å². The average Bonchev–Trinajstić information content (AvgIpc) is 3.00. The highest BCUT2D eigenvalue weighted by Crippen LogP contribution is 2.24. The Labute approximate surface area is 144 Å². The number of carboxylic acids is 1. The monoisotopic (exact) mass is 335 g/mol. The van der Waals surface area contributed by atoms with Crippen LogP contribution in [0.3, 0.4) is 0 Å². The van der Waals surface area contributed by atoms with E-state index in [4.69, 9.17) is 0 Å². The maximum atomic E-state index is 12.3. The zero-order valence-electron chi connectivity index (χ0n) is 13.5. The Morgan fingerprint density at radius 1 is 1.12 bits per heavy atom. The minimum Gasteiger partial charge on any atom is -0.478 e. The van der Waals surface area contributed by atoms with E-state index in [-0.39, 0.29) is 17.5 Å². The number of imidazole rings is 1. The van der Waals surface area contributed by atoms with E-state index >= 15 is 0 Å². The zero-order valence-corrected chi connectivity index (χ0v) is 13.5. The van der Waals surface area contributed by atoms with Gasteiger partial charge in [0.1, 0.15) is 5.65 Å². The number of aromatic carboxylic acids is 1. The summed E-state index contributed by atoms with van der Waals surface area (Å²) in [4.78, 5) is 28.2. The maximum Gasteiger partial charge on any atom is 0.336 e. The molecule has 3 aromatic rings. The lowest BCUT2D eigenvalue weighted by molar-refractivity contribution is 0.0697. The van der Waals surface area contributed by atoms with Crippen LogP contribution in [0.4, 0.5) is 0 Å². The van der Waals surface area contributed by atoms with Crippen molar-refractivity contribution in [3.8, 4) is 11.3 Å². The third kappa shape index (κ3) is 2.87. The van der Waals surface area contributed by atoms with E-state index in [1.54, 1.807) is 53.2 Å². The van der Waals surface area contributed by atoms with Gasteiger partial charge in [0.15, 0.2) is 0 Å². The molecule has 1 aliphatic carbocycles. The van der Waals surface area contributed by atoms with Crippen molar-refractivity contribution in [2.24, 2.45) is 0 Å². The predicted molar refractivity (Wildman–Crippen MR) is 92.7 cm³/mol. The molecule has 25 heavy (non-hydrogen) atoms. The summed E-state index contributed by atoms with van der Waals surface area (Å²) in [6, 6.07) is 10.5. The van der Waals surface area contributed by atoms with Crippen LogP contribution < -0.4 is 5.32 Å². The summed E-state index contributed by atoms with van der Waals surface area (Å²) < 4.78 is 1.75. The lowest BCUT2D eigenvalue weighted by atomic mass is 9.93. The minimum atomic E-state index is -0.992. The Morgan fingerprint density at radius 2 is 1.92 bits per heavy atom. The van der Waals surface area contributed by atoms with Gasteiger partial charge in [0.2, 0.25) is 0 Å². The largest absolute Gasteiger partial charge is 0.478 e. The minimum absolute atomic E-state index is 0.0900. The van der Waals surface area contributed by atoms with Crippen LogP contribution in [0.1, 0.15) is 40.0 Å². The molecule has 0 saturated heterocycles. The van der Waals surface area contributed by atoms with Crippen LogP contribution in [-0.2, 0) is 0 Å². The predicted octanol–water partition coefficient (Wildman–Crippen LogP) is 2.98. The number of carbonyl (C=O) groups excluding carboxylic acids is 1. The number of aromatic nitrogens is 2. The lowest BCUT2D eigenvalue weighted by Crippen LogP contribution is -2.39. The van der Waals surface area contributed by atoms with Crippen molar-refractivity contribution in [3.63, 3.8) is 0 Å². The average molecular weight is 335 g/mol. The molecule has 0 aliphatic heterocycles. The fourth-order valence-corrected chi connectivity index (χ4v) is 2.97. The van der Waals surface area contributed by atoms with Crippen LogP contribution in [0.15, 0.2) is 48.8 Å². The molecule has 6 nitrogen and oxygen atoms in total. The topological polar surface area (TPSA) is 83.7 Å². The van der Waals surface area contributed by atoms with Gasteiger partial charge in [0.05, 0.1) is 16.8 Å². The molecule has 126 valence electrons. The highest BCUT2D eigenvalue weighted by Gasteiger charge is 2.20. The van der Waals surface area contributed by atoms with Crippen LogP contribution in [0.25, 0.3) is 16.9 Å². The van der Waals surface area contributed by atoms with Crippen molar-refractivity contribution in [3.05, 3.63) is 59.9 Å². The zero-order chi connectivity index (χ0) is 17.4. The summed E-state index contributed by atoms with van der Waals surface area (Å²) in [6.45, 7) is 0. The fourth-order valence-electron chi connectivity index (χ4n) is 2.97. The van der Waals surface area contributed by atoms with Crippen molar-refractivity contribution in [1.82, 2.24) is 14.7 Å².